The Labute approximate surface area is 128 Å². The fourth-order valence-electron chi connectivity index (χ4n) is 3.13. The van der Waals surface area contributed by atoms with E-state index in [0.717, 1.165) is 38.7 Å². The minimum absolute atomic E-state index is 0.351. The molecule has 21 heavy (non-hydrogen) atoms. The van der Waals surface area contributed by atoms with Crippen molar-refractivity contribution < 1.29 is 4.74 Å². The van der Waals surface area contributed by atoms with Gasteiger partial charge in [-0.05, 0) is 37.3 Å². The molecule has 0 bridgehead atoms. The van der Waals surface area contributed by atoms with Crippen LogP contribution in [0.25, 0.3) is 0 Å². The maximum atomic E-state index is 5.81. The molecule has 1 N–H and O–H groups in total. The van der Waals surface area contributed by atoms with E-state index in [1.807, 2.05) is 0 Å². The molecule has 1 aliphatic carbocycles. The van der Waals surface area contributed by atoms with Gasteiger partial charge in [-0.2, -0.15) is 0 Å². The Morgan fingerprint density at radius 2 is 2.00 bits per heavy atom. The van der Waals surface area contributed by atoms with Crippen LogP contribution in [0.15, 0.2) is 24.3 Å². The minimum Gasteiger partial charge on any atom is -0.376 e. The maximum absolute atomic E-state index is 5.81. The molecule has 2 aliphatic rings. The van der Waals surface area contributed by atoms with Crippen LogP contribution in [0.1, 0.15) is 44.2 Å². The van der Waals surface area contributed by atoms with E-state index in [1.54, 1.807) is 0 Å². The second kappa shape index (κ2) is 6.91. The predicted molar refractivity (Wildman–Crippen MR) is 86.2 cm³/mol. The van der Waals surface area contributed by atoms with E-state index in [4.69, 9.17) is 4.74 Å². The lowest BCUT2D eigenvalue weighted by atomic mass is 10.0. The van der Waals surface area contributed by atoms with E-state index in [2.05, 4.69) is 48.3 Å². The molecule has 0 radical (unpaired) electrons. The van der Waals surface area contributed by atoms with Gasteiger partial charge in [0.2, 0.25) is 0 Å². The normalized spacial score (nSPS) is 27.0. The summed E-state index contributed by atoms with van der Waals surface area (Å²) in [6, 6.07) is 10.2. The van der Waals surface area contributed by atoms with Gasteiger partial charge < -0.3 is 10.1 Å². The summed E-state index contributed by atoms with van der Waals surface area (Å²) in [5, 5.41) is 3.64. The summed E-state index contributed by atoms with van der Waals surface area (Å²) in [5.74, 6) is 0. The van der Waals surface area contributed by atoms with Crippen LogP contribution in [0, 0.1) is 0 Å². The monoisotopic (exact) mass is 288 g/mol. The number of rotatable bonds is 6. The maximum Gasteiger partial charge on any atom is 0.0674 e. The van der Waals surface area contributed by atoms with E-state index in [1.165, 1.54) is 24.0 Å². The molecule has 2 atom stereocenters. The lowest BCUT2D eigenvalue weighted by Crippen LogP contribution is -2.48. The molecule has 1 saturated heterocycles. The van der Waals surface area contributed by atoms with E-state index >= 15 is 0 Å². The second-order valence-electron chi connectivity index (χ2n) is 6.56. The zero-order chi connectivity index (χ0) is 14.7. The van der Waals surface area contributed by atoms with Crippen LogP contribution in [0.5, 0.6) is 0 Å². The first-order valence-electron chi connectivity index (χ1n) is 8.42. The highest BCUT2D eigenvalue weighted by molar-refractivity contribution is 5.27. The Morgan fingerprint density at radius 3 is 2.71 bits per heavy atom. The topological polar surface area (TPSA) is 24.5 Å². The van der Waals surface area contributed by atoms with Crippen molar-refractivity contribution in [2.45, 2.75) is 64.4 Å². The van der Waals surface area contributed by atoms with Crippen LogP contribution < -0.4 is 5.32 Å². The summed E-state index contributed by atoms with van der Waals surface area (Å²) < 4.78 is 5.81. The number of morpholine rings is 1. The molecule has 0 aromatic heterocycles. The van der Waals surface area contributed by atoms with Gasteiger partial charge in [0.05, 0.1) is 12.7 Å². The SMILES string of the molecule is CCC1COC(C)CN1Cc1ccccc1CNC1CC1. The molecule has 2 fully saturated rings. The van der Waals surface area contributed by atoms with Crippen molar-refractivity contribution >= 4 is 0 Å². The summed E-state index contributed by atoms with van der Waals surface area (Å²) in [6.07, 6.45) is 4.21. The van der Waals surface area contributed by atoms with Crippen LogP contribution in [-0.2, 0) is 17.8 Å². The van der Waals surface area contributed by atoms with Crippen LogP contribution in [-0.4, -0.2) is 36.2 Å². The van der Waals surface area contributed by atoms with E-state index < -0.39 is 0 Å². The Balaban J connectivity index is 1.67. The zero-order valence-electron chi connectivity index (χ0n) is 13.3. The standard InChI is InChI=1S/C18H28N2O/c1-3-18-13-21-14(2)11-20(18)12-16-7-5-4-6-15(16)10-19-17-8-9-17/h4-7,14,17-19H,3,8-13H2,1-2H3. The quantitative estimate of drug-likeness (QED) is 0.871. The molecule has 1 saturated carbocycles. The van der Waals surface area contributed by atoms with Crippen LogP contribution >= 0.6 is 0 Å². The Bertz CT molecular complexity index is 458. The van der Waals surface area contributed by atoms with E-state index in [9.17, 15) is 0 Å². The fraction of sp³-hybridized carbons (Fsp3) is 0.667. The van der Waals surface area contributed by atoms with Crippen molar-refractivity contribution in [1.82, 2.24) is 10.2 Å². The number of nitrogens with zero attached hydrogens (tertiary/aromatic N) is 1. The van der Waals surface area contributed by atoms with E-state index in [0.29, 0.717) is 12.1 Å². The number of nitrogens with one attached hydrogen (secondary N) is 1. The molecule has 1 aromatic carbocycles. The minimum atomic E-state index is 0.351. The van der Waals surface area contributed by atoms with Crippen molar-refractivity contribution in [2.75, 3.05) is 13.2 Å². The molecule has 1 aliphatic heterocycles. The summed E-state index contributed by atoms with van der Waals surface area (Å²) in [6.45, 7) is 8.42. The van der Waals surface area contributed by atoms with Gasteiger partial charge in [0.25, 0.3) is 0 Å². The first-order chi connectivity index (χ1) is 10.3. The van der Waals surface area contributed by atoms with Gasteiger partial charge in [-0.25, -0.2) is 0 Å². The predicted octanol–water partition coefficient (Wildman–Crippen LogP) is 2.94. The largest absolute Gasteiger partial charge is 0.376 e. The smallest absolute Gasteiger partial charge is 0.0674 e. The highest BCUT2D eigenvalue weighted by atomic mass is 16.5. The van der Waals surface area contributed by atoms with Crippen molar-refractivity contribution in [1.29, 1.82) is 0 Å². The molecular formula is C18H28N2O. The van der Waals surface area contributed by atoms with Gasteiger partial charge in [0.1, 0.15) is 0 Å². The number of hydrogen-bond donors (Lipinski definition) is 1. The van der Waals surface area contributed by atoms with Gasteiger partial charge in [-0.15, -0.1) is 0 Å². The number of ether oxygens (including phenoxy) is 1. The third-order valence-corrected chi connectivity index (χ3v) is 4.70. The fourth-order valence-corrected chi connectivity index (χ4v) is 3.13. The molecule has 3 rings (SSSR count). The molecule has 0 spiro atoms. The Kier molecular flexibility index (Phi) is 4.94. The number of benzene rings is 1. The average Bonchev–Trinajstić information content (AvgIpc) is 3.31. The third kappa shape index (κ3) is 4.06. The summed E-state index contributed by atoms with van der Waals surface area (Å²) in [4.78, 5) is 2.60. The van der Waals surface area contributed by atoms with Crippen LogP contribution in [0.3, 0.4) is 0 Å². The molecule has 2 unspecified atom stereocenters. The lowest BCUT2D eigenvalue weighted by molar-refractivity contribution is -0.0592. The molecule has 0 amide bonds. The van der Waals surface area contributed by atoms with Gasteiger partial charge in [0, 0.05) is 31.7 Å². The van der Waals surface area contributed by atoms with Crippen molar-refractivity contribution in [2.24, 2.45) is 0 Å². The second-order valence-corrected chi connectivity index (χ2v) is 6.56. The average molecular weight is 288 g/mol. The Hall–Kier alpha value is -0.900. The molecule has 3 nitrogen and oxygen atoms in total. The third-order valence-electron chi connectivity index (χ3n) is 4.70. The Morgan fingerprint density at radius 1 is 1.24 bits per heavy atom. The van der Waals surface area contributed by atoms with Crippen molar-refractivity contribution in [3.05, 3.63) is 35.4 Å². The molecule has 1 heterocycles. The van der Waals surface area contributed by atoms with Gasteiger partial charge >= 0.3 is 0 Å². The summed E-state index contributed by atoms with van der Waals surface area (Å²) in [7, 11) is 0. The van der Waals surface area contributed by atoms with E-state index in [-0.39, 0.29) is 0 Å². The van der Waals surface area contributed by atoms with Gasteiger partial charge in [-0.1, -0.05) is 31.2 Å². The first-order valence-corrected chi connectivity index (χ1v) is 8.42. The zero-order valence-corrected chi connectivity index (χ0v) is 13.3. The number of hydrogen-bond acceptors (Lipinski definition) is 3. The van der Waals surface area contributed by atoms with Crippen LogP contribution in [0.4, 0.5) is 0 Å². The molecular weight excluding hydrogens is 260 g/mol. The molecule has 1 aromatic rings. The summed E-state index contributed by atoms with van der Waals surface area (Å²) in [5.41, 5.74) is 2.93. The van der Waals surface area contributed by atoms with Gasteiger partial charge in [-0.3, -0.25) is 4.90 Å². The molecule has 116 valence electrons. The van der Waals surface area contributed by atoms with Crippen LogP contribution in [0.2, 0.25) is 0 Å². The summed E-state index contributed by atoms with van der Waals surface area (Å²) >= 11 is 0. The highest BCUT2D eigenvalue weighted by Crippen LogP contribution is 2.22. The first kappa shape index (κ1) is 15.0. The highest BCUT2D eigenvalue weighted by Gasteiger charge is 2.26. The van der Waals surface area contributed by atoms with Crippen molar-refractivity contribution in [3.63, 3.8) is 0 Å². The van der Waals surface area contributed by atoms with Gasteiger partial charge in [0.15, 0.2) is 0 Å². The molecule has 3 heteroatoms. The lowest BCUT2D eigenvalue weighted by Gasteiger charge is -2.38. The van der Waals surface area contributed by atoms with Crippen molar-refractivity contribution in [3.8, 4) is 0 Å².